The lowest BCUT2D eigenvalue weighted by Crippen LogP contribution is -2.52. The fraction of sp³-hybridized carbons (Fsp3) is 0.500. The first kappa shape index (κ1) is 25.9. The largest absolute Gasteiger partial charge is 0.494 e. The molecule has 0 aromatic heterocycles. The summed E-state index contributed by atoms with van der Waals surface area (Å²) in [5.41, 5.74) is 2.08. The molecule has 0 spiro atoms. The summed E-state index contributed by atoms with van der Waals surface area (Å²) in [4.78, 5) is 30.2. The average molecular weight is 499 g/mol. The van der Waals surface area contributed by atoms with Gasteiger partial charge in [0.15, 0.2) is 6.10 Å². The number of anilines is 1. The minimum Gasteiger partial charge on any atom is -0.494 e. The van der Waals surface area contributed by atoms with Crippen molar-refractivity contribution >= 4 is 17.6 Å². The number of hydrogen-bond acceptors (Lipinski definition) is 6. The minimum atomic E-state index is -1.04. The fourth-order valence-electron chi connectivity index (χ4n) is 4.85. The Morgan fingerprint density at radius 3 is 2.33 bits per heavy atom. The molecule has 0 saturated carbocycles. The maximum Gasteiger partial charge on any atom is 0.338 e. The number of carbonyl (C=O) groups excluding carboxylic acids is 2. The molecule has 2 atom stereocenters. The molecule has 0 unspecified atom stereocenters. The van der Waals surface area contributed by atoms with Crippen LogP contribution in [0.2, 0.25) is 0 Å². The summed E-state index contributed by atoms with van der Waals surface area (Å²) in [5.74, 6) is -1.66. The molecule has 4 rings (SSSR count). The van der Waals surface area contributed by atoms with E-state index in [1.807, 2.05) is 36.1 Å². The molecule has 2 aliphatic heterocycles. The van der Waals surface area contributed by atoms with Gasteiger partial charge in [-0.05, 0) is 68.1 Å². The first-order chi connectivity index (χ1) is 17.3. The van der Waals surface area contributed by atoms with E-state index < -0.39 is 23.8 Å². The highest BCUT2D eigenvalue weighted by atomic mass is 19.1. The quantitative estimate of drug-likeness (QED) is 0.483. The van der Waals surface area contributed by atoms with Crippen LogP contribution in [-0.4, -0.2) is 61.5 Å². The topological polar surface area (TPSA) is 68.3 Å². The molecule has 2 saturated heterocycles. The maximum absolute atomic E-state index is 13.6. The summed E-state index contributed by atoms with van der Waals surface area (Å²) in [5, 5.41) is 0. The van der Waals surface area contributed by atoms with Crippen LogP contribution < -0.4 is 9.64 Å². The molecular formula is C28H35FN2O5. The third-order valence-corrected chi connectivity index (χ3v) is 6.67. The first-order valence-corrected chi connectivity index (χ1v) is 12.7. The Morgan fingerprint density at radius 2 is 1.75 bits per heavy atom. The lowest BCUT2D eigenvalue weighted by molar-refractivity contribution is -0.162. The molecular weight excluding hydrogens is 463 g/mol. The molecule has 7 nitrogen and oxygen atoms in total. The third kappa shape index (κ3) is 6.35. The minimum absolute atomic E-state index is 0.0832. The van der Waals surface area contributed by atoms with E-state index in [2.05, 4.69) is 4.90 Å². The maximum atomic E-state index is 13.6. The van der Waals surface area contributed by atoms with Gasteiger partial charge in [0.2, 0.25) is 11.7 Å². The van der Waals surface area contributed by atoms with E-state index in [4.69, 9.17) is 14.2 Å². The molecule has 0 bridgehead atoms. The lowest BCUT2D eigenvalue weighted by atomic mass is 9.92. The molecule has 0 radical (unpaired) electrons. The molecule has 2 heterocycles. The second-order valence-corrected chi connectivity index (χ2v) is 9.72. The number of carbonyl (C=O) groups is 2. The van der Waals surface area contributed by atoms with Gasteiger partial charge in [0.05, 0.1) is 12.5 Å². The van der Waals surface area contributed by atoms with Crippen molar-refractivity contribution in [2.45, 2.75) is 51.9 Å². The van der Waals surface area contributed by atoms with Crippen molar-refractivity contribution < 1.29 is 28.2 Å². The summed E-state index contributed by atoms with van der Waals surface area (Å²) in [6, 6.07) is 14.3. The van der Waals surface area contributed by atoms with E-state index in [9.17, 15) is 14.0 Å². The van der Waals surface area contributed by atoms with Crippen molar-refractivity contribution in [3.05, 3.63) is 59.9 Å². The molecule has 2 aromatic carbocycles. The Kier molecular flexibility index (Phi) is 8.14. The van der Waals surface area contributed by atoms with Gasteiger partial charge in [-0.2, -0.15) is 0 Å². The average Bonchev–Trinajstić information content (AvgIpc) is 3.15. The zero-order chi connectivity index (χ0) is 25.7. The normalized spacial score (nSPS) is 20.2. The van der Waals surface area contributed by atoms with Crippen LogP contribution in [-0.2, 0) is 25.5 Å². The fourth-order valence-corrected chi connectivity index (χ4v) is 4.85. The van der Waals surface area contributed by atoms with Crippen LogP contribution >= 0.6 is 0 Å². The standard InChI is InChI=1S/C28H35FN2O5/c1-4-34-23-14-8-20(9-15-23)6-5-7-24(25-27(33)36-28(2,3)35-25)26(32)31-18-16-30(17-19-31)22-12-10-21(29)11-13-22/h8-15,24-25H,4-7,16-19H2,1-3H3/t24-,25+/m1/s1. The van der Waals surface area contributed by atoms with Gasteiger partial charge in [-0.3, -0.25) is 4.79 Å². The number of benzene rings is 2. The van der Waals surface area contributed by atoms with Gasteiger partial charge < -0.3 is 24.0 Å². The van der Waals surface area contributed by atoms with Gasteiger partial charge in [-0.25, -0.2) is 9.18 Å². The van der Waals surface area contributed by atoms with Crippen LogP contribution in [0.1, 0.15) is 39.2 Å². The van der Waals surface area contributed by atoms with E-state index in [0.29, 0.717) is 39.2 Å². The number of amides is 1. The number of nitrogens with zero attached hydrogens (tertiary/aromatic N) is 2. The highest BCUT2D eigenvalue weighted by molar-refractivity contribution is 5.88. The molecule has 0 N–H and O–H groups in total. The van der Waals surface area contributed by atoms with Crippen LogP contribution in [0.4, 0.5) is 10.1 Å². The number of rotatable bonds is 9. The SMILES string of the molecule is CCOc1ccc(CCC[C@@H](C(=O)N2CCN(c3ccc(F)cc3)CC2)[C@@H]2OC(C)(C)OC2=O)cc1. The summed E-state index contributed by atoms with van der Waals surface area (Å²) >= 11 is 0. The smallest absolute Gasteiger partial charge is 0.338 e. The number of cyclic esters (lactones) is 1. The monoisotopic (exact) mass is 498 g/mol. The summed E-state index contributed by atoms with van der Waals surface area (Å²) < 4.78 is 30.1. The molecule has 194 valence electrons. The Labute approximate surface area is 212 Å². The Bertz CT molecular complexity index is 1030. The van der Waals surface area contributed by atoms with Crippen LogP contribution in [0.3, 0.4) is 0 Å². The van der Waals surface area contributed by atoms with Crippen LogP contribution in [0.15, 0.2) is 48.5 Å². The number of hydrogen-bond donors (Lipinski definition) is 0. The molecule has 0 aliphatic carbocycles. The van der Waals surface area contributed by atoms with E-state index in [1.54, 1.807) is 26.0 Å². The van der Waals surface area contributed by atoms with Gasteiger partial charge in [0.1, 0.15) is 11.6 Å². The molecule has 36 heavy (non-hydrogen) atoms. The van der Waals surface area contributed by atoms with Gasteiger partial charge in [0, 0.05) is 45.7 Å². The predicted octanol–water partition coefficient (Wildman–Crippen LogP) is 4.19. The Hall–Kier alpha value is -3.13. The molecule has 2 aliphatic rings. The second-order valence-electron chi connectivity index (χ2n) is 9.72. The number of ether oxygens (including phenoxy) is 3. The van der Waals surface area contributed by atoms with Crippen molar-refractivity contribution in [1.82, 2.24) is 4.90 Å². The van der Waals surface area contributed by atoms with Crippen LogP contribution in [0.5, 0.6) is 5.75 Å². The summed E-state index contributed by atoms with van der Waals surface area (Å²) in [7, 11) is 0. The van der Waals surface area contributed by atoms with E-state index in [0.717, 1.165) is 29.8 Å². The van der Waals surface area contributed by atoms with E-state index in [-0.39, 0.29) is 11.7 Å². The molecule has 2 aromatic rings. The van der Waals surface area contributed by atoms with Crippen LogP contribution in [0, 0.1) is 11.7 Å². The van der Waals surface area contributed by atoms with E-state index >= 15 is 0 Å². The summed E-state index contributed by atoms with van der Waals surface area (Å²) in [6.07, 6.45) is 1.11. The Balaban J connectivity index is 1.39. The summed E-state index contributed by atoms with van der Waals surface area (Å²) in [6.45, 7) is 8.27. The zero-order valence-corrected chi connectivity index (χ0v) is 21.2. The number of halogens is 1. The van der Waals surface area contributed by atoms with Crippen molar-refractivity contribution in [2.24, 2.45) is 5.92 Å². The lowest BCUT2D eigenvalue weighted by Gasteiger charge is -2.38. The second kappa shape index (κ2) is 11.3. The van der Waals surface area contributed by atoms with Crippen molar-refractivity contribution in [2.75, 3.05) is 37.7 Å². The predicted molar refractivity (Wildman–Crippen MR) is 134 cm³/mol. The molecule has 8 heteroatoms. The highest BCUT2D eigenvalue weighted by Crippen LogP contribution is 2.32. The molecule has 1 amide bonds. The Morgan fingerprint density at radius 1 is 1.08 bits per heavy atom. The zero-order valence-electron chi connectivity index (χ0n) is 21.2. The number of aryl methyl sites for hydroxylation is 1. The van der Waals surface area contributed by atoms with E-state index in [1.165, 1.54) is 12.1 Å². The molecule has 2 fully saturated rings. The number of piperazine rings is 1. The van der Waals surface area contributed by atoms with Crippen molar-refractivity contribution in [3.63, 3.8) is 0 Å². The van der Waals surface area contributed by atoms with Gasteiger partial charge in [0.25, 0.3) is 0 Å². The van der Waals surface area contributed by atoms with Crippen LogP contribution in [0.25, 0.3) is 0 Å². The van der Waals surface area contributed by atoms with Crippen molar-refractivity contribution in [3.8, 4) is 5.75 Å². The third-order valence-electron chi connectivity index (χ3n) is 6.67. The van der Waals surface area contributed by atoms with Crippen molar-refractivity contribution in [1.29, 1.82) is 0 Å². The van der Waals surface area contributed by atoms with Gasteiger partial charge in [-0.15, -0.1) is 0 Å². The number of esters is 1. The van der Waals surface area contributed by atoms with Gasteiger partial charge >= 0.3 is 5.97 Å². The van der Waals surface area contributed by atoms with Gasteiger partial charge in [-0.1, -0.05) is 12.1 Å². The first-order valence-electron chi connectivity index (χ1n) is 12.7. The highest BCUT2D eigenvalue weighted by Gasteiger charge is 2.48.